The summed E-state index contributed by atoms with van der Waals surface area (Å²) in [6.45, 7) is -0.0691. The molecule has 22 heavy (non-hydrogen) atoms. The number of hydrogen-bond acceptors (Lipinski definition) is 8. The van der Waals surface area contributed by atoms with Crippen LogP contribution in [0.5, 0.6) is 0 Å². The van der Waals surface area contributed by atoms with E-state index < -0.39 is 11.1 Å². The topological polar surface area (TPSA) is 87.0 Å². The van der Waals surface area contributed by atoms with Crippen molar-refractivity contribution < 1.29 is 14.9 Å². The summed E-state index contributed by atoms with van der Waals surface area (Å²) in [5, 5.41) is 26.1. The molecule has 3 heterocycles. The number of rotatable bonds is 3. The highest BCUT2D eigenvalue weighted by Gasteiger charge is 2.54. The Morgan fingerprint density at radius 1 is 1.50 bits per heavy atom. The fraction of sp³-hybridized carbons (Fsp3) is 0.692. The van der Waals surface area contributed by atoms with E-state index >= 15 is 0 Å². The third kappa shape index (κ3) is 2.71. The average Bonchev–Trinajstić information content (AvgIpc) is 3.00. The van der Waals surface area contributed by atoms with Crippen LogP contribution in [0.2, 0.25) is 0 Å². The van der Waals surface area contributed by atoms with Crippen LogP contribution in [0.3, 0.4) is 0 Å². The first-order valence-corrected chi connectivity index (χ1v) is 9.61. The Morgan fingerprint density at radius 2 is 2.27 bits per heavy atom. The summed E-state index contributed by atoms with van der Waals surface area (Å²) in [6, 6.07) is 0. The lowest BCUT2D eigenvalue weighted by Crippen LogP contribution is -2.57. The van der Waals surface area contributed by atoms with Crippen LogP contribution in [0, 0.1) is 5.92 Å². The normalized spacial score (nSPS) is 30.5. The summed E-state index contributed by atoms with van der Waals surface area (Å²) in [4.78, 5) is 9.44. The van der Waals surface area contributed by atoms with E-state index in [1.54, 1.807) is 23.1 Å². The molecular weight excluding hydrogens is 390 g/mol. The minimum Gasteiger partial charge on any atom is -0.393 e. The van der Waals surface area contributed by atoms with E-state index in [2.05, 4.69) is 26.2 Å². The zero-order chi connectivity index (χ0) is 15.8. The molecule has 2 aliphatic rings. The molecule has 6 nitrogen and oxygen atoms in total. The predicted molar refractivity (Wildman–Crippen MR) is 91.4 cm³/mol. The van der Waals surface area contributed by atoms with Crippen LogP contribution in [-0.4, -0.2) is 58.6 Å². The van der Waals surface area contributed by atoms with E-state index in [4.69, 9.17) is 9.73 Å². The van der Waals surface area contributed by atoms with Gasteiger partial charge in [0, 0.05) is 24.1 Å². The minimum atomic E-state index is -0.879. The maximum atomic E-state index is 9.63. The molecule has 0 radical (unpaired) electrons. The van der Waals surface area contributed by atoms with Gasteiger partial charge < -0.3 is 20.3 Å². The van der Waals surface area contributed by atoms with Crippen LogP contribution in [0.1, 0.15) is 11.4 Å². The van der Waals surface area contributed by atoms with Gasteiger partial charge in [-0.05, 0) is 22.4 Å². The van der Waals surface area contributed by atoms with Crippen molar-refractivity contribution in [3.63, 3.8) is 0 Å². The third-order valence-electron chi connectivity index (χ3n) is 4.25. The molecule has 3 N–H and O–H groups in total. The second kappa shape index (κ2) is 6.37. The van der Waals surface area contributed by atoms with E-state index in [1.165, 1.54) is 0 Å². The smallest absolute Gasteiger partial charge is 0.157 e. The Labute approximate surface area is 145 Å². The number of aliphatic imine (C=N–C) groups is 1. The zero-order valence-corrected chi connectivity index (χ0v) is 15.3. The fourth-order valence-electron chi connectivity index (χ4n) is 2.91. The summed E-state index contributed by atoms with van der Waals surface area (Å²) in [5.74, 6) is 1.00. The molecule has 0 amide bonds. The van der Waals surface area contributed by atoms with E-state index in [0.29, 0.717) is 13.0 Å². The van der Waals surface area contributed by atoms with Crippen LogP contribution in [0.25, 0.3) is 0 Å². The number of ether oxygens (including phenoxy) is 1. The number of halogens is 1. The van der Waals surface area contributed by atoms with Gasteiger partial charge in [-0.3, -0.25) is 0 Å². The summed E-state index contributed by atoms with van der Waals surface area (Å²) in [6.07, 6.45) is 0.560. The number of fused-ring (bicyclic) bond motifs is 1. The number of thiazole rings is 1. The molecule has 0 aromatic carbocycles. The highest BCUT2D eigenvalue weighted by molar-refractivity contribution is 9.10. The highest BCUT2D eigenvalue weighted by atomic mass is 79.9. The number of thioether (sulfide) groups is 1. The first kappa shape index (κ1) is 16.7. The van der Waals surface area contributed by atoms with E-state index in [1.807, 2.05) is 12.4 Å². The minimum absolute atomic E-state index is 0.153. The Morgan fingerprint density at radius 3 is 2.86 bits per heavy atom. The van der Waals surface area contributed by atoms with Crippen molar-refractivity contribution in [1.82, 2.24) is 10.3 Å². The van der Waals surface area contributed by atoms with Crippen molar-refractivity contribution in [3.05, 3.63) is 15.0 Å². The maximum Gasteiger partial charge on any atom is 0.157 e. The quantitative estimate of drug-likeness (QED) is 0.697. The lowest BCUT2D eigenvalue weighted by molar-refractivity contribution is -0.170. The number of aliphatic hydroxyl groups is 2. The van der Waals surface area contributed by atoms with Gasteiger partial charge in [-0.2, -0.15) is 0 Å². The van der Waals surface area contributed by atoms with Gasteiger partial charge in [0.25, 0.3) is 0 Å². The second-order valence-electron chi connectivity index (χ2n) is 5.57. The molecule has 122 valence electrons. The first-order valence-electron chi connectivity index (χ1n) is 6.95. The number of amidine groups is 1. The Balaban J connectivity index is 2.02. The van der Waals surface area contributed by atoms with E-state index in [-0.39, 0.29) is 19.1 Å². The lowest BCUT2D eigenvalue weighted by Gasteiger charge is -2.49. The van der Waals surface area contributed by atoms with Crippen molar-refractivity contribution in [1.29, 1.82) is 0 Å². The molecule has 0 saturated carbocycles. The largest absolute Gasteiger partial charge is 0.393 e. The summed E-state index contributed by atoms with van der Waals surface area (Å²) >= 11 is 6.61. The molecule has 1 aromatic heterocycles. The molecule has 0 bridgehead atoms. The van der Waals surface area contributed by atoms with Gasteiger partial charge in [-0.1, -0.05) is 11.8 Å². The zero-order valence-electron chi connectivity index (χ0n) is 12.1. The van der Waals surface area contributed by atoms with Gasteiger partial charge >= 0.3 is 0 Å². The molecule has 2 aliphatic heterocycles. The van der Waals surface area contributed by atoms with Gasteiger partial charge in [-0.15, -0.1) is 11.3 Å². The van der Waals surface area contributed by atoms with Crippen molar-refractivity contribution in [2.75, 3.05) is 32.6 Å². The van der Waals surface area contributed by atoms with Crippen molar-refractivity contribution in [2.24, 2.45) is 10.9 Å². The molecule has 0 spiro atoms. The Hall–Kier alpha value is -0.190. The second-order valence-corrected chi connectivity index (χ2v) is 8.25. The van der Waals surface area contributed by atoms with Crippen LogP contribution < -0.4 is 5.32 Å². The molecule has 0 unspecified atom stereocenters. The molecule has 1 aromatic rings. The van der Waals surface area contributed by atoms with Crippen molar-refractivity contribution >= 4 is 44.2 Å². The van der Waals surface area contributed by atoms with E-state index in [9.17, 15) is 10.2 Å². The van der Waals surface area contributed by atoms with Crippen LogP contribution >= 0.6 is 39.0 Å². The van der Waals surface area contributed by atoms with Gasteiger partial charge in [0.05, 0.1) is 19.8 Å². The number of nitrogens with zero attached hydrogens (tertiary/aromatic N) is 2. The first-order chi connectivity index (χ1) is 10.6. The van der Waals surface area contributed by atoms with Crippen LogP contribution in [-0.2, 0) is 10.3 Å². The summed E-state index contributed by atoms with van der Waals surface area (Å²) in [5.41, 5.74) is -1.43. The molecule has 0 aliphatic carbocycles. The predicted octanol–water partition coefficient (Wildman–Crippen LogP) is 1.18. The highest BCUT2D eigenvalue weighted by Crippen LogP contribution is 2.49. The molecule has 9 heteroatoms. The third-order valence-corrected chi connectivity index (χ3v) is 7.11. The number of hydrogen-bond donors (Lipinski definition) is 3. The monoisotopic (exact) mass is 407 g/mol. The molecule has 1 saturated heterocycles. The average molecular weight is 408 g/mol. The van der Waals surface area contributed by atoms with Crippen molar-refractivity contribution in [3.8, 4) is 0 Å². The molecule has 2 atom stereocenters. The van der Waals surface area contributed by atoms with Gasteiger partial charge in [0.1, 0.15) is 20.8 Å². The van der Waals surface area contributed by atoms with Crippen molar-refractivity contribution in [2.45, 2.75) is 17.6 Å². The van der Waals surface area contributed by atoms with Crippen LogP contribution in [0.4, 0.5) is 0 Å². The van der Waals surface area contributed by atoms with Gasteiger partial charge in [0.2, 0.25) is 0 Å². The standard InChI is InChI=1S/C13H18BrN3O3S2/c1-15-11-17-13(10-16-9(14)4-21-10)7-20-12(5-18,6-19)2-8(13)3-22-11/h4,8,18-19H,2-3,5-7H2,1H3,(H,15,17)/t8-,13-/m0/s1. The summed E-state index contributed by atoms with van der Waals surface area (Å²) in [7, 11) is 1.85. The van der Waals surface area contributed by atoms with Crippen LogP contribution in [0.15, 0.2) is 15.0 Å². The molecule has 1 fully saturated rings. The Bertz CT molecular complexity index is 579. The Kier molecular flexibility index (Phi) is 4.82. The van der Waals surface area contributed by atoms with Gasteiger partial charge in [-0.25, -0.2) is 9.98 Å². The fourth-order valence-corrected chi connectivity index (χ4v) is 5.49. The maximum absolute atomic E-state index is 9.63. The van der Waals surface area contributed by atoms with E-state index in [0.717, 1.165) is 20.5 Å². The number of aromatic nitrogens is 1. The number of nitrogens with one attached hydrogen (secondary N) is 1. The summed E-state index contributed by atoms with van der Waals surface area (Å²) < 4.78 is 6.69. The number of aliphatic hydroxyl groups excluding tert-OH is 2. The lowest BCUT2D eigenvalue weighted by atomic mass is 9.76. The molecular formula is C13H18BrN3O3S2. The molecule has 3 rings (SSSR count). The SMILES string of the molecule is CNC1=N[C@@]2(c3nc(Br)cs3)COC(CO)(CO)C[C@H]2CS1. The van der Waals surface area contributed by atoms with Gasteiger partial charge in [0.15, 0.2) is 5.17 Å².